The fraction of sp³-hybridized carbons (Fsp3) is 0.567. The van der Waals surface area contributed by atoms with Crippen molar-refractivity contribution >= 4 is 17.6 Å². The number of hydrogen-bond donors (Lipinski definition) is 3. The van der Waals surface area contributed by atoms with Gasteiger partial charge in [0.25, 0.3) is 0 Å². The molecule has 0 aliphatic carbocycles. The number of aromatic nitrogens is 1. The molecule has 0 bridgehead atoms. The largest absolute Gasteiger partial charge is 0.465 e. The number of likely N-dealkylation sites (N-methyl/N-ethyl adjacent to an activating group) is 1. The molecular weight excluding hydrogens is 476 g/mol. The number of anilines is 1. The molecular formula is C30H44N6O2. The van der Waals surface area contributed by atoms with Crippen molar-refractivity contribution in [1.82, 2.24) is 24.8 Å². The summed E-state index contributed by atoms with van der Waals surface area (Å²) in [6.45, 7) is 11.6. The summed E-state index contributed by atoms with van der Waals surface area (Å²) in [6.07, 6.45) is 6.22. The molecule has 1 aromatic carbocycles. The van der Waals surface area contributed by atoms with Crippen LogP contribution in [0.4, 0.5) is 10.6 Å². The number of hydrazine groups is 1. The van der Waals surface area contributed by atoms with Gasteiger partial charge in [-0.05, 0) is 36.9 Å². The van der Waals surface area contributed by atoms with Crippen LogP contribution in [0.3, 0.4) is 0 Å². The van der Waals surface area contributed by atoms with Crippen molar-refractivity contribution in [3.63, 3.8) is 0 Å². The first-order chi connectivity index (χ1) is 18.5. The highest BCUT2D eigenvalue weighted by molar-refractivity contribution is 5.82. The Kier molecular flexibility index (Phi) is 8.29. The molecule has 0 spiro atoms. The molecule has 3 N–H and O–H groups in total. The third kappa shape index (κ3) is 5.16. The highest BCUT2D eigenvalue weighted by Gasteiger charge is 2.49. The van der Waals surface area contributed by atoms with Crippen molar-refractivity contribution in [3.05, 3.63) is 59.3 Å². The number of piperidine rings is 1. The Bertz CT molecular complexity index is 1110. The molecule has 206 valence electrons. The Morgan fingerprint density at radius 3 is 2.68 bits per heavy atom. The second kappa shape index (κ2) is 11.8. The molecule has 3 aliphatic rings. The van der Waals surface area contributed by atoms with E-state index in [4.69, 9.17) is 0 Å². The standard InChI is InChI=1S/C30H44N6O2/c1-4-6-7-11-17-34(30(37)38)29-25-19-32-28-24(14-16-31-28)27(25)36(35(29)5-2)26-21-33(18-15-22(26)3)20-23-12-9-8-10-13-23/h8-10,12-14,16,22,26,29,31-32H,4-7,11,15,17-21H2,1-3H3,(H,37,38)/t22-,26-,29?/m1/s1. The number of nitrogens with one attached hydrogen (secondary N) is 2. The van der Waals surface area contributed by atoms with Crippen LogP contribution in [0.2, 0.25) is 0 Å². The van der Waals surface area contributed by atoms with Gasteiger partial charge in [-0.3, -0.25) is 14.8 Å². The summed E-state index contributed by atoms with van der Waals surface area (Å²) in [5.74, 6) is 1.52. The highest BCUT2D eigenvalue weighted by Crippen LogP contribution is 2.45. The Balaban J connectivity index is 1.49. The predicted molar refractivity (Wildman–Crippen MR) is 152 cm³/mol. The van der Waals surface area contributed by atoms with E-state index in [9.17, 15) is 9.90 Å². The molecule has 5 rings (SSSR count). The van der Waals surface area contributed by atoms with E-state index in [0.717, 1.165) is 69.7 Å². The average molecular weight is 521 g/mol. The quantitative estimate of drug-likeness (QED) is 0.359. The molecule has 2 aromatic rings. The molecule has 0 saturated carbocycles. The van der Waals surface area contributed by atoms with Gasteiger partial charge in [0.05, 0.1) is 11.7 Å². The number of H-pyrrole nitrogens is 1. The Hall–Kier alpha value is -2.97. The van der Waals surface area contributed by atoms with Crippen LogP contribution in [0, 0.1) is 5.92 Å². The number of rotatable bonds is 10. The minimum atomic E-state index is -0.832. The van der Waals surface area contributed by atoms with Crippen molar-refractivity contribution < 1.29 is 9.90 Å². The van der Waals surface area contributed by atoms with Crippen molar-refractivity contribution in [2.24, 2.45) is 5.92 Å². The maximum Gasteiger partial charge on any atom is 0.408 e. The van der Waals surface area contributed by atoms with Crippen LogP contribution in [0.15, 0.2) is 48.2 Å². The molecule has 1 saturated heterocycles. The lowest BCUT2D eigenvalue weighted by Gasteiger charge is -2.48. The van der Waals surface area contributed by atoms with Gasteiger partial charge in [0.15, 0.2) is 0 Å². The number of likely N-dealkylation sites (tertiary alicyclic amines) is 1. The van der Waals surface area contributed by atoms with Gasteiger partial charge in [0.2, 0.25) is 0 Å². The van der Waals surface area contributed by atoms with E-state index in [1.807, 2.05) is 6.20 Å². The van der Waals surface area contributed by atoms with Gasteiger partial charge in [-0.25, -0.2) is 4.79 Å². The minimum Gasteiger partial charge on any atom is -0.465 e. The maximum atomic E-state index is 12.7. The van der Waals surface area contributed by atoms with Crippen LogP contribution in [0.1, 0.15) is 64.0 Å². The normalized spacial score (nSPS) is 23.8. The fourth-order valence-electron chi connectivity index (χ4n) is 6.54. The summed E-state index contributed by atoms with van der Waals surface area (Å²) in [5.41, 5.74) is 4.86. The van der Waals surface area contributed by atoms with Gasteiger partial charge < -0.3 is 15.4 Å². The average Bonchev–Trinajstić information content (AvgIpc) is 3.52. The summed E-state index contributed by atoms with van der Waals surface area (Å²) < 4.78 is 0. The van der Waals surface area contributed by atoms with E-state index in [0.29, 0.717) is 19.0 Å². The summed E-state index contributed by atoms with van der Waals surface area (Å²) in [4.78, 5) is 20.3. The van der Waals surface area contributed by atoms with E-state index in [-0.39, 0.29) is 12.2 Å². The number of hydrogen-bond acceptors (Lipinski definition) is 5. The van der Waals surface area contributed by atoms with Gasteiger partial charge >= 0.3 is 6.09 Å². The number of carbonyl (C=O) groups is 1. The molecule has 1 unspecified atom stereocenters. The van der Waals surface area contributed by atoms with E-state index in [1.54, 1.807) is 4.90 Å². The van der Waals surface area contributed by atoms with Gasteiger partial charge in [-0.15, -0.1) is 0 Å². The van der Waals surface area contributed by atoms with Gasteiger partial charge in [0, 0.05) is 50.1 Å². The predicted octanol–water partition coefficient (Wildman–Crippen LogP) is 5.50. The number of amides is 1. The smallest absolute Gasteiger partial charge is 0.408 e. The Labute approximate surface area is 227 Å². The molecule has 1 fully saturated rings. The second-order valence-electron chi connectivity index (χ2n) is 11.1. The number of aromatic amines is 1. The van der Waals surface area contributed by atoms with Crippen LogP contribution < -0.4 is 5.32 Å². The minimum absolute atomic E-state index is 0.263. The third-order valence-corrected chi connectivity index (χ3v) is 8.55. The molecule has 0 radical (unpaired) electrons. The van der Waals surface area contributed by atoms with Crippen LogP contribution >= 0.6 is 0 Å². The SMILES string of the molecule is CCCCCCN(C(=O)O)C1C2=C(c3cc[nH]c3NC2)N([C@@H]2CN(Cc3ccccc3)CC[C@H]2C)N1CC. The number of carboxylic acid groups (broad SMARTS) is 1. The third-order valence-electron chi connectivity index (χ3n) is 8.55. The molecule has 1 amide bonds. The van der Waals surface area contributed by atoms with Gasteiger partial charge in [-0.2, -0.15) is 5.01 Å². The zero-order valence-electron chi connectivity index (χ0n) is 23.2. The van der Waals surface area contributed by atoms with E-state index in [1.165, 1.54) is 16.8 Å². The van der Waals surface area contributed by atoms with Gasteiger partial charge in [0.1, 0.15) is 12.0 Å². The van der Waals surface area contributed by atoms with Crippen LogP contribution in [0.25, 0.3) is 5.70 Å². The summed E-state index contributed by atoms with van der Waals surface area (Å²) in [6, 6.07) is 13.1. The first-order valence-corrected chi connectivity index (χ1v) is 14.5. The summed E-state index contributed by atoms with van der Waals surface area (Å²) in [7, 11) is 0. The lowest BCUT2D eigenvalue weighted by molar-refractivity contribution is -0.0825. The number of benzene rings is 1. The van der Waals surface area contributed by atoms with E-state index < -0.39 is 6.09 Å². The lowest BCUT2D eigenvalue weighted by atomic mass is 9.91. The molecule has 38 heavy (non-hydrogen) atoms. The topological polar surface area (TPSA) is 78.1 Å². The molecule has 1 aromatic heterocycles. The number of fused-ring (bicyclic) bond motifs is 2. The van der Waals surface area contributed by atoms with Crippen LogP contribution in [-0.2, 0) is 6.54 Å². The first kappa shape index (κ1) is 26.6. The Morgan fingerprint density at radius 1 is 1.13 bits per heavy atom. The fourth-order valence-corrected chi connectivity index (χ4v) is 6.54. The van der Waals surface area contributed by atoms with Gasteiger partial charge in [-0.1, -0.05) is 70.4 Å². The van der Waals surface area contributed by atoms with Crippen molar-refractivity contribution in [1.29, 1.82) is 0 Å². The van der Waals surface area contributed by atoms with Crippen LogP contribution in [-0.4, -0.2) is 80.9 Å². The zero-order chi connectivity index (χ0) is 26.6. The van der Waals surface area contributed by atoms with Crippen molar-refractivity contribution in [3.8, 4) is 0 Å². The summed E-state index contributed by atoms with van der Waals surface area (Å²) >= 11 is 0. The second-order valence-corrected chi connectivity index (χ2v) is 11.1. The Morgan fingerprint density at radius 2 is 1.95 bits per heavy atom. The van der Waals surface area contributed by atoms with E-state index >= 15 is 0 Å². The number of nitrogens with zero attached hydrogens (tertiary/aromatic N) is 4. The van der Waals surface area contributed by atoms with Crippen molar-refractivity contribution in [2.75, 3.05) is 38.0 Å². The highest BCUT2D eigenvalue weighted by atomic mass is 16.4. The zero-order valence-corrected chi connectivity index (χ0v) is 23.2. The van der Waals surface area contributed by atoms with E-state index in [2.05, 4.69) is 82.4 Å². The monoisotopic (exact) mass is 520 g/mol. The van der Waals surface area contributed by atoms with Crippen molar-refractivity contribution in [2.45, 2.75) is 71.6 Å². The maximum absolute atomic E-state index is 12.7. The van der Waals surface area contributed by atoms with Crippen LogP contribution in [0.5, 0.6) is 0 Å². The molecule has 3 aliphatic heterocycles. The molecule has 8 nitrogen and oxygen atoms in total. The summed E-state index contributed by atoms with van der Waals surface area (Å²) in [5, 5.41) is 18.8. The molecule has 4 heterocycles. The lowest BCUT2D eigenvalue weighted by Crippen LogP contribution is -2.59. The molecule has 3 atom stereocenters. The number of unbranched alkanes of at least 4 members (excludes halogenated alkanes) is 3. The first-order valence-electron chi connectivity index (χ1n) is 14.5. The molecule has 8 heteroatoms.